The van der Waals surface area contributed by atoms with Crippen molar-refractivity contribution in [3.05, 3.63) is 95.6 Å². The van der Waals surface area contributed by atoms with Crippen LogP contribution >= 0.6 is 0 Å². The van der Waals surface area contributed by atoms with E-state index in [9.17, 15) is 4.79 Å². The third-order valence-corrected chi connectivity index (χ3v) is 6.14. The monoisotopic (exact) mass is 428 g/mol. The van der Waals surface area contributed by atoms with Gasteiger partial charge in [0.05, 0.1) is 18.3 Å². The number of nitrogens with zero attached hydrogens (tertiary/aromatic N) is 1. The SMILES string of the molecule is O=C1c2ccccc2NC(c2ccc(OCCc3ccccc3)cc2)N1CC1CCCO1. The van der Waals surface area contributed by atoms with E-state index in [2.05, 4.69) is 17.4 Å². The first-order chi connectivity index (χ1) is 15.8. The molecule has 1 N–H and O–H groups in total. The molecule has 5 nitrogen and oxygen atoms in total. The van der Waals surface area contributed by atoms with Crippen molar-refractivity contribution in [1.29, 1.82) is 0 Å². The molecule has 2 unspecified atom stereocenters. The van der Waals surface area contributed by atoms with Gasteiger partial charge in [0.25, 0.3) is 5.91 Å². The van der Waals surface area contributed by atoms with Crippen LogP contribution < -0.4 is 10.1 Å². The molecular formula is C27H28N2O3. The average Bonchev–Trinajstić information content (AvgIpc) is 3.35. The first kappa shape index (κ1) is 20.6. The number of benzene rings is 3. The molecule has 1 saturated heterocycles. The van der Waals surface area contributed by atoms with Crippen molar-refractivity contribution in [3.63, 3.8) is 0 Å². The van der Waals surface area contributed by atoms with Crippen LogP contribution in [-0.4, -0.2) is 36.7 Å². The maximum Gasteiger partial charge on any atom is 0.257 e. The lowest BCUT2D eigenvalue weighted by Gasteiger charge is -2.39. The van der Waals surface area contributed by atoms with Gasteiger partial charge in [0.1, 0.15) is 11.9 Å². The van der Waals surface area contributed by atoms with Crippen LogP contribution in [0.25, 0.3) is 0 Å². The number of carbonyl (C=O) groups is 1. The highest BCUT2D eigenvalue weighted by molar-refractivity contribution is 6.01. The van der Waals surface area contributed by atoms with Crippen LogP contribution in [0, 0.1) is 0 Å². The normalized spacial score (nSPS) is 20.0. The number of hydrogen-bond donors (Lipinski definition) is 1. The molecule has 1 fully saturated rings. The van der Waals surface area contributed by atoms with E-state index in [1.165, 1.54) is 5.56 Å². The third-order valence-electron chi connectivity index (χ3n) is 6.14. The van der Waals surface area contributed by atoms with Gasteiger partial charge in [-0.2, -0.15) is 0 Å². The van der Waals surface area contributed by atoms with Crippen LogP contribution in [0.5, 0.6) is 5.75 Å². The van der Waals surface area contributed by atoms with Gasteiger partial charge in [0.15, 0.2) is 0 Å². The van der Waals surface area contributed by atoms with Gasteiger partial charge < -0.3 is 19.7 Å². The number of carbonyl (C=O) groups excluding carboxylic acids is 1. The highest BCUT2D eigenvalue weighted by Crippen LogP contribution is 2.34. The van der Waals surface area contributed by atoms with E-state index in [1.807, 2.05) is 71.6 Å². The Bertz CT molecular complexity index is 1050. The molecular weight excluding hydrogens is 400 g/mol. The largest absolute Gasteiger partial charge is 0.493 e. The molecule has 3 aromatic rings. The number of anilines is 1. The molecule has 2 atom stereocenters. The Hall–Kier alpha value is -3.31. The Labute approximate surface area is 189 Å². The summed E-state index contributed by atoms with van der Waals surface area (Å²) in [6.45, 7) is 1.98. The van der Waals surface area contributed by atoms with Crippen molar-refractivity contribution in [3.8, 4) is 5.75 Å². The molecule has 2 aliphatic heterocycles. The van der Waals surface area contributed by atoms with Gasteiger partial charge in [-0.3, -0.25) is 4.79 Å². The minimum absolute atomic E-state index is 0.0445. The molecule has 5 rings (SSSR count). The van der Waals surface area contributed by atoms with Crippen LogP contribution in [0.3, 0.4) is 0 Å². The molecule has 0 radical (unpaired) electrons. The molecule has 0 aliphatic carbocycles. The first-order valence-electron chi connectivity index (χ1n) is 11.3. The second-order valence-corrected chi connectivity index (χ2v) is 8.34. The Morgan fingerprint density at radius 2 is 1.75 bits per heavy atom. The van der Waals surface area contributed by atoms with E-state index in [-0.39, 0.29) is 18.2 Å². The predicted molar refractivity (Wildman–Crippen MR) is 125 cm³/mol. The van der Waals surface area contributed by atoms with Crippen molar-refractivity contribution in [2.75, 3.05) is 25.1 Å². The summed E-state index contributed by atoms with van der Waals surface area (Å²) in [5.74, 6) is 0.876. The van der Waals surface area contributed by atoms with E-state index in [1.54, 1.807) is 0 Å². The van der Waals surface area contributed by atoms with E-state index >= 15 is 0 Å². The molecule has 3 aromatic carbocycles. The quantitative estimate of drug-likeness (QED) is 0.572. The summed E-state index contributed by atoms with van der Waals surface area (Å²) in [4.78, 5) is 15.2. The summed E-state index contributed by atoms with van der Waals surface area (Å²) < 4.78 is 11.8. The molecule has 0 spiro atoms. The molecule has 2 heterocycles. The zero-order chi connectivity index (χ0) is 21.8. The predicted octanol–water partition coefficient (Wildman–Crippen LogP) is 5.05. The summed E-state index contributed by atoms with van der Waals surface area (Å²) in [6.07, 6.45) is 2.77. The van der Waals surface area contributed by atoms with Crippen LogP contribution in [0.2, 0.25) is 0 Å². The third kappa shape index (κ3) is 4.48. The summed E-state index contributed by atoms with van der Waals surface area (Å²) >= 11 is 0. The zero-order valence-electron chi connectivity index (χ0n) is 18.1. The van der Waals surface area contributed by atoms with Crippen LogP contribution in [-0.2, 0) is 11.2 Å². The van der Waals surface area contributed by atoms with E-state index in [0.717, 1.165) is 42.9 Å². The number of hydrogen-bond acceptors (Lipinski definition) is 4. The fourth-order valence-electron chi connectivity index (χ4n) is 4.43. The van der Waals surface area contributed by atoms with Crippen LogP contribution in [0.15, 0.2) is 78.9 Å². The smallest absolute Gasteiger partial charge is 0.257 e. The Kier molecular flexibility index (Phi) is 6.08. The standard InChI is InChI=1S/C27H28N2O3/c30-27-24-10-4-5-11-25(24)28-26(29(27)19-23-9-6-17-31-23)21-12-14-22(15-13-21)32-18-16-20-7-2-1-3-8-20/h1-5,7-8,10-15,23,26,28H,6,9,16-19H2. The minimum Gasteiger partial charge on any atom is -0.493 e. The summed E-state index contributed by atoms with van der Waals surface area (Å²) in [6, 6.07) is 26.1. The number of fused-ring (bicyclic) bond motifs is 1. The minimum atomic E-state index is -0.236. The fourth-order valence-corrected chi connectivity index (χ4v) is 4.43. The van der Waals surface area contributed by atoms with Crippen molar-refractivity contribution in [1.82, 2.24) is 4.90 Å². The van der Waals surface area contributed by atoms with Crippen molar-refractivity contribution >= 4 is 11.6 Å². The van der Waals surface area contributed by atoms with Gasteiger partial charge in [0.2, 0.25) is 0 Å². The molecule has 164 valence electrons. The highest BCUT2D eigenvalue weighted by atomic mass is 16.5. The lowest BCUT2D eigenvalue weighted by molar-refractivity contribution is 0.0427. The topological polar surface area (TPSA) is 50.8 Å². The molecule has 1 amide bonds. The number of rotatable bonds is 7. The Balaban J connectivity index is 1.31. The zero-order valence-corrected chi connectivity index (χ0v) is 18.1. The summed E-state index contributed by atoms with van der Waals surface area (Å²) in [5.41, 5.74) is 3.87. The van der Waals surface area contributed by atoms with E-state index in [0.29, 0.717) is 18.7 Å². The molecule has 2 aliphatic rings. The maximum atomic E-state index is 13.3. The number of amides is 1. The number of para-hydroxylation sites is 1. The van der Waals surface area contributed by atoms with E-state index < -0.39 is 0 Å². The second-order valence-electron chi connectivity index (χ2n) is 8.34. The molecule has 0 bridgehead atoms. The lowest BCUT2D eigenvalue weighted by atomic mass is 10.0. The average molecular weight is 429 g/mol. The van der Waals surface area contributed by atoms with Gasteiger partial charge in [0, 0.05) is 25.3 Å². The second kappa shape index (κ2) is 9.45. The van der Waals surface area contributed by atoms with E-state index in [4.69, 9.17) is 9.47 Å². The van der Waals surface area contributed by atoms with Gasteiger partial charge in [-0.1, -0.05) is 54.6 Å². The molecule has 0 saturated carbocycles. The fraction of sp³-hybridized carbons (Fsp3) is 0.296. The van der Waals surface area contributed by atoms with Crippen molar-refractivity contribution in [2.24, 2.45) is 0 Å². The Morgan fingerprint density at radius 3 is 2.53 bits per heavy atom. The number of nitrogens with one attached hydrogen (secondary N) is 1. The highest BCUT2D eigenvalue weighted by Gasteiger charge is 2.35. The van der Waals surface area contributed by atoms with Crippen LogP contribution in [0.1, 0.15) is 40.5 Å². The summed E-state index contributed by atoms with van der Waals surface area (Å²) in [7, 11) is 0. The van der Waals surface area contributed by atoms with Gasteiger partial charge >= 0.3 is 0 Å². The Morgan fingerprint density at radius 1 is 0.969 bits per heavy atom. The lowest BCUT2D eigenvalue weighted by Crippen LogP contribution is -2.46. The van der Waals surface area contributed by atoms with Gasteiger partial charge in [-0.15, -0.1) is 0 Å². The van der Waals surface area contributed by atoms with Crippen molar-refractivity contribution < 1.29 is 14.3 Å². The maximum absolute atomic E-state index is 13.3. The van der Waals surface area contributed by atoms with Gasteiger partial charge in [-0.05, 0) is 48.2 Å². The molecule has 5 heteroatoms. The van der Waals surface area contributed by atoms with Crippen molar-refractivity contribution in [2.45, 2.75) is 31.5 Å². The van der Waals surface area contributed by atoms with Crippen LogP contribution in [0.4, 0.5) is 5.69 Å². The summed E-state index contributed by atoms with van der Waals surface area (Å²) in [5, 5.41) is 3.56. The first-order valence-corrected chi connectivity index (χ1v) is 11.3. The number of ether oxygens (including phenoxy) is 2. The van der Waals surface area contributed by atoms with Gasteiger partial charge in [-0.25, -0.2) is 0 Å². The molecule has 0 aromatic heterocycles. The molecule has 32 heavy (non-hydrogen) atoms.